The van der Waals surface area contributed by atoms with Gasteiger partial charge in [-0.15, -0.1) is 0 Å². The first-order chi connectivity index (χ1) is 6.27. The molecule has 0 heterocycles. The highest BCUT2D eigenvalue weighted by Gasteiger charge is 2.27. The summed E-state index contributed by atoms with van der Waals surface area (Å²) in [6.45, 7) is 2.76. The summed E-state index contributed by atoms with van der Waals surface area (Å²) in [6, 6.07) is 0. The third-order valence-electron chi connectivity index (χ3n) is 2.69. The van der Waals surface area contributed by atoms with Crippen molar-refractivity contribution >= 4 is 5.97 Å². The topological polar surface area (TPSA) is 50.1 Å². The van der Waals surface area contributed by atoms with Gasteiger partial charge in [0.15, 0.2) is 0 Å². The van der Waals surface area contributed by atoms with E-state index < -0.39 is 0 Å². The molecule has 0 aromatic carbocycles. The Labute approximate surface area is 79.6 Å². The van der Waals surface area contributed by atoms with Gasteiger partial charge < -0.3 is 4.74 Å². The predicted molar refractivity (Wildman–Crippen MR) is 50.0 cm³/mol. The van der Waals surface area contributed by atoms with Gasteiger partial charge in [-0.2, -0.15) is 0 Å². The van der Waals surface area contributed by atoms with E-state index in [9.17, 15) is 4.79 Å². The number of esters is 1. The summed E-state index contributed by atoms with van der Waals surface area (Å²) >= 11 is 0. The Kier molecular flexibility index (Phi) is 4.22. The summed E-state index contributed by atoms with van der Waals surface area (Å²) in [5.74, 6) is 0.438. The van der Waals surface area contributed by atoms with Crippen molar-refractivity contribution in [1.82, 2.24) is 5.73 Å². The van der Waals surface area contributed by atoms with Crippen molar-refractivity contribution in [2.45, 2.75) is 32.6 Å². The van der Waals surface area contributed by atoms with E-state index in [4.69, 9.17) is 10.5 Å². The Morgan fingerprint density at radius 2 is 2.31 bits per heavy atom. The Morgan fingerprint density at radius 1 is 1.54 bits per heavy atom. The molecule has 1 saturated carbocycles. The predicted octanol–water partition coefficient (Wildman–Crippen LogP) is 1.64. The van der Waals surface area contributed by atoms with Crippen LogP contribution in [0.15, 0.2) is 0 Å². The van der Waals surface area contributed by atoms with Crippen molar-refractivity contribution in [2.75, 3.05) is 13.2 Å². The lowest BCUT2D eigenvalue weighted by molar-refractivity contribution is -0.149. The van der Waals surface area contributed by atoms with Gasteiger partial charge in [-0.3, -0.25) is 10.5 Å². The second-order valence-corrected chi connectivity index (χ2v) is 3.69. The van der Waals surface area contributed by atoms with E-state index in [0.717, 1.165) is 25.7 Å². The lowest BCUT2D eigenvalue weighted by Crippen LogP contribution is -2.26. The number of rotatable bonds is 3. The molecular weight excluding hydrogens is 166 g/mol. The first kappa shape index (κ1) is 10.5. The average molecular weight is 184 g/mol. The zero-order valence-electron chi connectivity index (χ0n) is 8.21. The van der Waals surface area contributed by atoms with Gasteiger partial charge in [0.2, 0.25) is 0 Å². The first-order valence-electron chi connectivity index (χ1n) is 5.09. The molecule has 1 rings (SSSR count). The molecule has 1 aliphatic carbocycles. The van der Waals surface area contributed by atoms with Gasteiger partial charge in [0.25, 0.3) is 0 Å². The molecule has 2 atom stereocenters. The van der Waals surface area contributed by atoms with Crippen LogP contribution in [0.3, 0.4) is 0 Å². The van der Waals surface area contributed by atoms with Crippen LogP contribution in [0.1, 0.15) is 32.6 Å². The monoisotopic (exact) mass is 184 g/mol. The number of ether oxygens (including phenoxy) is 1. The molecular formula is C10H18NO2. The van der Waals surface area contributed by atoms with Crippen LogP contribution in [-0.2, 0) is 9.53 Å². The summed E-state index contributed by atoms with van der Waals surface area (Å²) in [6.07, 6.45) is 4.00. The van der Waals surface area contributed by atoms with Crippen molar-refractivity contribution in [3.8, 4) is 0 Å². The summed E-state index contributed by atoms with van der Waals surface area (Å²) in [5.41, 5.74) is 7.28. The standard InChI is InChI=1S/C10H18NO2/c1-2-13-10(12)9-5-3-4-8(6-9)7-11/h8-9,11H,2-7H2,1H3. The summed E-state index contributed by atoms with van der Waals surface area (Å²) in [4.78, 5) is 11.4. The van der Waals surface area contributed by atoms with E-state index in [-0.39, 0.29) is 11.9 Å². The van der Waals surface area contributed by atoms with E-state index in [1.165, 1.54) is 0 Å². The smallest absolute Gasteiger partial charge is 0.308 e. The maximum atomic E-state index is 11.4. The van der Waals surface area contributed by atoms with Gasteiger partial charge in [-0.1, -0.05) is 6.42 Å². The normalized spacial score (nSPS) is 28.5. The lowest BCUT2D eigenvalue weighted by Gasteiger charge is -2.26. The molecule has 1 aliphatic rings. The third-order valence-corrected chi connectivity index (χ3v) is 2.69. The maximum absolute atomic E-state index is 11.4. The molecule has 0 aromatic heterocycles. The highest BCUT2D eigenvalue weighted by atomic mass is 16.5. The lowest BCUT2D eigenvalue weighted by atomic mass is 9.81. The van der Waals surface area contributed by atoms with E-state index in [2.05, 4.69) is 0 Å². The molecule has 75 valence electrons. The van der Waals surface area contributed by atoms with Gasteiger partial charge in [-0.25, -0.2) is 0 Å². The molecule has 0 saturated heterocycles. The van der Waals surface area contributed by atoms with Crippen LogP contribution in [0, 0.1) is 11.8 Å². The quantitative estimate of drug-likeness (QED) is 0.626. The molecule has 0 aliphatic heterocycles. The van der Waals surface area contributed by atoms with Crippen molar-refractivity contribution < 1.29 is 9.53 Å². The van der Waals surface area contributed by atoms with Gasteiger partial charge >= 0.3 is 5.97 Å². The minimum atomic E-state index is -0.0550. The Morgan fingerprint density at radius 3 is 2.92 bits per heavy atom. The van der Waals surface area contributed by atoms with E-state index in [1.54, 1.807) is 0 Å². The number of hydrogen-bond acceptors (Lipinski definition) is 2. The van der Waals surface area contributed by atoms with Crippen LogP contribution in [0.4, 0.5) is 0 Å². The van der Waals surface area contributed by atoms with Crippen molar-refractivity contribution in [2.24, 2.45) is 11.8 Å². The zero-order valence-corrected chi connectivity index (χ0v) is 8.21. The number of nitrogens with one attached hydrogen (secondary N) is 1. The van der Waals surface area contributed by atoms with Crippen molar-refractivity contribution in [3.63, 3.8) is 0 Å². The maximum Gasteiger partial charge on any atom is 0.308 e. The molecule has 13 heavy (non-hydrogen) atoms. The fraction of sp³-hybridized carbons (Fsp3) is 0.900. The Hall–Kier alpha value is -0.570. The largest absolute Gasteiger partial charge is 0.466 e. The molecule has 0 bridgehead atoms. The highest BCUT2D eigenvalue weighted by Crippen LogP contribution is 2.29. The van der Waals surface area contributed by atoms with Gasteiger partial charge in [0.1, 0.15) is 0 Å². The number of carbonyl (C=O) groups excluding carboxylic acids is 1. The second kappa shape index (κ2) is 5.22. The number of carbonyl (C=O) groups is 1. The SMILES string of the molecule is CCOC(=O)C1CCCC(C[NH])C1. The van der Waals surface area contributed by atoms with E-state index >= 15 is 0 Å². The molecule has 2 unspecified atom stereocenters. The van der Waals surface area contributed by atoms with Crippen LogP contribution in [-0.4, -0.2) is 19.1 Å². The van der Waals surface area contributed by atoms with Gasteiger partial charge in [0.05, 0.1) is 12.5 Å². The minimum absolute atomic E-state index is 0.0550. The first-order valence-corrected chi connectivity index (χ1v) is 5.09. The fourth-order valence-electron chi connectivity index (χ4n) is 1.95. The highest BCUT2D eigenvalue weighted by molar-refractivity contribution is 5.72. The van der Waals surface area contributed by atoms with Crippen molar-refractivity contribution in [1.29, 1.82) is 0 Å². The second-order valence-electron chi connectivity index (χ2n) is 3.69. The molecule has 0 amide bonds. The molecule has 0 aromatic rings. The average Bonchev–Trinajstić information content (AvgIpc) is 2.18. The summed E-state index contributed by atoms with van der Waals surface area (Å²) in [7, 11) is 0. The molecule has 3 heteroatoms. The Balaban J connectivity index is 2.37. The molecule has 1 fully saturated rings. The van der Waals surface area contributed by atoms with Crippen LogP contribution in [0.5, 0.6) is 0 Å². The molecule has 3 nitrogen and oxygen atoms in total. The van der Waals surface area contributed by atoms with Crippen LogP contribution in [0.2, 0.25) is 0 Å². The summed E-state index contributed by atoms with van der Waals surface area (Å²) in [5, 5.41) is 0. The van der Waals surface area contributed by atoms with E-state index in [1.807, 2.05) is 6.92 Å². The minimum Gasteiger partial charge on any atom is -0.466 e. The number of hydrogen-bond donors (Lipinski definition) is 0. The zero-order chi connectivity index (χ0) is 9.68. The van der Waals surface area contributed by atoms with Crippen molar-refractivity contribution in [3.05, 3.63) is 0 Å². The van der Waals surface area contributed by atoms with E-state index in [0.29, 0.717) is 19.1 Å². The van der Waals surface area contributed by atoms with Crippen LogP contribution >= 0.6 is 0 Å². The van der Waals surface area contributed by atoms with Crippen LogP contribution in [0.25, 0.3) is 0 Å². The fourth-order valence-corrected chi connectivity index (χ4v) is 1.95. The summed E-state index contributed by atoms with van der Waals surface area (Å²) < 4.78 is 4.97. The molecule has 0 spiro atoms. The Bertz CT molecular complexity index is 170. The van der Waals surface area contributed by atoms with Crippen LogP contribution < -0.4 is 5.73 Å². The third kappa shape index (κ3) is 2.99. The van der Waals surface area contributed by atoms with Gasteiger partial charge in [-0.05, 0) is 32.1 Å². The molecule has 1 radical (unpaired) electrons. The van der Waals surface area contributed by atoms with Gasteiger partial charge in [0, 0.05) is 6.54 Å². The molecule has 1 N–H and O–H groups in total.